The first-order valence-corrected chi connectivity index (χ1v) is 22.5. The number of aromatic nitrogens is 2. The van der Waals surface area contributed by atoms with Gasteiger partial charge < -0.3 is 36.7 Å². The number of carbonyl (C=O) groups is 3. The smallest absolute Gasteiger partial charge is 0.251 e. The molecule has 0 spiro atoms. The zero-order valence-corrected chi connectivity index (χ0v) is 38.8. The molecule has 0 fully saturated rings. The molecule has 1 aromatic heterocycles. The van der Waals surface area contributed by atoms with Crippen LogP contribution in [0.5, 0.6) is 0 Å². The van der Waals surface area contributed by atoms with E-state index in [-0.39, 0.29) is 54.6 Å². The fraction of sp³-hybridized carbons (Fsp3) is 0.280. The van der Waals surface area contributed by atoms with E-state index in [1.807, 2.05) is 19.2 Å². The number of ether oxygens (including phenoxy) is 1. The quantitative estimate of drug-likeness (QED) is 0.0120. The monoisotopic (exact) mass is 947 g/mol. The van der Waals surface area contributed by atoms with Gasteiger partial charge >= 0.3 is 0 Å². The maximum Gasteiger partial charge on any atom is 0.251 e. The van der Waals surface area contributed by atoms with Crippen LogP contribution in [-0.2, 0) is 22.6 Å². The predicted octanol–water partition coefficient (Wildman–Crippen LogP) is 7.11. The molecule has 2 heterocycles. The lowest BCUT2D eigenvalue weighted by Crippen LogP contribution is -2.33. The number of rotatable bonds is 24. The maximum atomic E-state index is 14.9. The highest BCUT2D eigenvalue weighted by Gasteiger charge is 2.25. The van der Waals surface area contributed by atoms with Crippen LogP contribution in [0.3, 0.4) is 0 Å². The first-order valence-electron chi connectivity index (χ1n) is 22.1. The number of hydrogen-bond donors (Lipinski definition) is 6. The van der Waals surface area contributed by atoms with E-state index in [9.17, 15) is 23.2 Å². The molecule has 5 aromatic rings. The van der Waals surface area contributed by atoms with Crippen molar-refractivity contribution in [3.8, 4) is 11.3 Å². The molecule has 68 heavy (non-hydrogen) atoms. The number of nitrogens with two attached hydrogens (primary N) is 2. The van der Waals surface area contributed by atoms with Crippen molar-refractivity contribution in [1.82, 2.24) is 30.5 Å². The second-order valence-electron chi connectivity index (χ2n) is 16.0. The molecule has 0 radical (unpaired) electrons. The lowest BCUT2D eigenvalue weighted by Gasteiger charge is -2.26. The zero-order valence-electron chi connectivity index (χ0n) is 38.0. The molecule has 15 nitrogen and oxygen atoms in total. The number of anilines is 3. The zero-order chi connectivity index (χ0) is 48.6. The van der Waals surface area contributed by atoms with Gasteiger partial charge in [0.15, 0.2) is 0 Å². The van der Waals surface area contributed by atoms with Crippen LogP contribution >= 0.6 is 11.6 Å². The fourth-order valence-corrected chi connectivity index (χ4v) is 7.68. The molecule has 1 aliphatic rings. The minimum Gasteiger partial charge on any atom is -0.399 e. The van der Waals surface area contributed by atoms with Gasteiger partial charge in [-0.15, -0.1) is 6.58 Å². The highest BCUT2D eigenvalue weighted by Crippen LogP contribution is 2.35. The number of hydrazine groups is 1. The maximum absolute atomic E-state index is 14.9. The lowest BCUT2D eigenvalue weighted by atomic mass is 9.95. The summed E-state index contributed by atoms with van der Waals surface area (Å²) in [5.74, 6) is 4.32. The molecule has 1 unspecified atom stereocenters. The predicted molar refractivity (Wildman–Crippen MR) is 263 cm³/mol. The van der Waals surface area contributed by atoms with Crippen molar-refractivity contribution in [1.29, 1.82) is 0 Å². The summed E-state index contributed by atoms with van der Waals surface area (Å²) in [4.78, 5) is 53.5. The molecular weight excluding hydrogens is 892 g/mol. The van der Waals surface area contributed by atoms with E-state index in [4.69, 9.17) is 32.9 Å². The van der Waals surface area contributed by atoms with Crippen molar-refractivity contribution >= 4 is 52.7 Å². The molecule has 0 bridgehead atoms. The van der Waals surface area contributed by atoms with Crippen molar-refractivity contribution in [3.63, 3.8) is 0 Å². The number of nitrogens with zero attached hydrogens (tertiary/aromatic N) is 5. The van der Waals surface area contributed by atoms with Crippen molar-refractivity contribution in [2.75, 3.05) is 57.1 Å². The molecule has 0 saturated carbocycles. The third kappa shape index (κ3) is 13.6. The first kappa shape index (κ1) is 50.5. The fourth-order valence-electron chi connectivity index (χ4n) is 7.51. The van der Waals surface area contributed by atoms with Crippen LogP contribution in [0.1, 0.15) is 69.2 Å². The number of halogens is 3. The first-order chi connectivity index (χ1) is 32.9. The Morgan fingerprint density at radius 3 is 2.51 bits per heavy atom. The summed E-state index contributed by atoms with van der Waals surface area (Å²) in [6, 6.07) is 20.8. The third-order valence-corrected chi connectivity index (χ3v) is 11.3. The Morgan fingerprint density at radius 1 is 1.01 bits per heavy atom. The molecule has 1 aliphatic heterocycles. The minimum atomic E-state index is -0.745. The summed E-state index contributed by atoms with van der Waals surface area (Å²) in [5, 5.41) is 13.8. The Bertz CT molecular complexity index is 2630. The summed E-state index contributed by atoms with van der Waals surface area (Å²) < 4.78 is 35.6. The van der Waals surface area contributed by atoms with Gasteiger partial charge in [0, 0.05) is 100.0 Å². The summed E-state index contributed by atoms with van der Waals surface area (Å²) >= 11 is 6.35. The van der Waals surface area contributed by atoms with Gasteiger partial charge in [0.1, 0.15) is 17.9 Å². The molecule has 18 heteroatoms. The van der Waals surface area contributed by atoms with Crippen molar-refractivity contribution in [2.24, 2.45) is 16.6 Å². The molecule has 356 valence electrons. The lowest BCUT2D eigenvalue weighted by molar-refractivity contribution is -0.116. The average molecular weight is 949 g/mol. The summed E-state index contributed by atoms with van der Waals surface area (Å²) in [7, 11) is 1.98. The van der Waals surface area contributed by atoms with E-state index in [1.54, 1.807) is 60.8 Å². The third-order valence-electron chi connectivity index (χ3n) is 11.0. The van der Waals surface area contributed by atoms with Gasteiger partial charge in [-0.2, -0.15) is 0 Å². The van der Waals surface area contributed by atoms with E-state index in [0.717, 1.165) is 24.7 Å². The normalized spacial score (nSPS) is 12.6. The standard InChI is InChI=1S/C50H56ClF2N11O4/c1-4-8-38(5-2)63(3)30-41-33(31-65)9-6-12-44(41)61-45(66)19-20-56-21-23-68-24-22-64(55)29-36(54)28-58-49(67)32-13-16-37(17-14-32)60-50-59-27-34-26-57-48(46-42(52)10-7-11-43(46)53)40-25-35(51)15-18-39(40)47(34)62-50/h5-7,9-18,25,27,29,31,38,56H,2,4,8,19-24,26,28,30,54-55H2,1,3H3,(H,58,67)(H,61,66)(H,59,60,62)/b36-29-. The number of likely N-dealkylation sites (N-methyl/N-ethyl adjacent to an activating group) is 1. The van der Waals surface area contributed by atoms with Gasteiger partial charge in [0.25, 0.3) is 5.91 Å². The Kier molecular flexibility index (Phi) is 18.4. The van der Waals surface area contributed by atoms with Crippen LogP contribution in [0.4, 0.5) is 26.1 Å². The highest BCUT2D eigenvalue weighted by atomic mass is 35.5. The van der Waals surface area contributed by atoms with Gasteiger partial charge in [-0.05, 0) is 68.1 Å². The van der Waals surface area contributed by atoms with E-state index < -0.39 is 11.6 Å². The summed E-state index contributed by atoms with van der Waals surface area (Å²) in [6.45, 7) is 8.67. The van der Waals surface area contributed by atoms with Gasteiger partial charge in [0.05, 0.1) is 49.8 Å². The molecular formula is C50H56ClF2N11O4. The second-order valence-corrected chi connectivity index (χ2v) is 16.4. The largest absolute Gasteiger partial charge is 0.399 e. The molecule has 2 amide bonds. The van der Waals surface area contributed by atoms with Crippen molar-refractivity contribution in [3.05, 3.63) is 160 Å². The topological polar surface area (TPSA) is 205 Å². The molecule has 6 rings (SSSR count). The number of benzene rings is 4. The Hall–Kier alpha value is -6.89. The summed E-state index contributed by atoms with van der Waals surface area (Å²) in [6.07, 6.45) is 8.01. The average Bonchev–Trinajstić information content (AvgIpc) is 3.47. The van der Waals surface area contributed by atoms with E-state index in [0.29, 0.717) is 95.0 Å². The van der Waals surface area contributed by atoms with Crippen LogP contribution in [0.25, 0.3) is 11.3 Å². The molecule has 4 aromatic carbocycles. The number of hydrogen-bond acceptors (Lipinski definition) is 13. The number of aliphatic imine (C=N–C) groups is 1. The molecule has 0 saturated heterocycles. The highest BCUT2D eigenvalue weighted by molar-refractivity contribution is 6.31. The van der Waals surface area contributed by atoms with Gasteiger partial charge in [-0.3, -0.25) is 24.3 Å². The van der Waals surface area contributed by atoms with Crippen LogP contribution in [-0.4, -0.2) is 96.2 Å². The summed E-state index contributed by atoms with van der Waals surface area (Å²) in [5.41, 5.74) is 11.4. The SMILES string of the molecule is C=CC(CCC)N(C)Cc1c(C=O)cccc1NC(=O)CCNCCOCCN(N)/C=C(\N)CNC(=O)c1ccc(Nc2ncc3c(n2)-c2ccc(Cl)cc2C(c2c(F)cccc2F)=NC3)cc1. The number of aldehydes is 1. The number of carbonyl (C=O) groups excluding carboxylic acids is 3. The number of fused-ring (bicyclic) bond motifs is 3. The molecule has 0 aliphatic carbocycles. The molecule has 8 N–H and O–H groups in total. The number of amides is 2. The molecule has 1 atom stereocenters. The number of nitrogens with one attached hydrogen (secondary N) is 4. The minimum absolute atomic E-state index is 0.0468. The van der Waals surface area contributed by atoms with E-state index in [1.165, 1.54) is 29.4 Å². The van der Waals surface area contributed by atoms with Crippen molar-refractivity contribution in [2.45, 2.75) is 45.3 Å². The Balaban J connectivity index is 0.898. The van der Waals surface area contributed by atoms with Gasteiger partial charge in [0.2, 0.25) is 11.9 Å². The second kappa shape index (κ2) is 24.8. The van der Waals surface area contributed by atoms with Crippen LogP contribution in [0, 0.1) is 11.6 Å². The van der Waals surface area contributed by atoms with E-state index >= 15 is 0 Å². The van der Waals surface area contributed by atoms with Crippen molar-refractivity contribution < 1.29 is 27.9 Å². The van der Waals surface area contributed by atoms with Crippen LogP contribution in [0.15, 0.2) is 115 Å². The van der Waals surface area contributed by atoms with Crippen LogP contribution < -0.4 is 32.8 Å². The van der Waals surface area contributed by atoms with Gasteiger partial charge in [-0.1, -0.05) is 55.3 Å². The Morgan fingerprint density at radius 2 is 1.78 bits per heavy atom. The van der Waals surface area contributed by atoms with Gasteiger partial charge in [-0.25, -0.2) is 24.6 Å². The Labute approximate surface area is 399 Å². The van der Waals surface area contributed by atoms with E-state index in [2.05, 4.69) is 49.6 Å². The van der Waals surface area contributed by atoms with Crippen LogP contribution in [0.2, 0.25) is 5.02 Å².